The van der Waals surface area contributed by atoms with Gasteiger partial charge in [-0.2, -0.15) is 0 Å². The Morgan fingerprint density at radius 1 is 0.860 bits per heavy atom. The van der Waals surface area contributed by atoms with Crippen LogP contribution in [0.4, 0.5) is 29.3 Å². The average molecular weight is 1300 g/mol. The summed E-state index contributed by atoms with van der Waals surface area (Å²) in [6.45, 7) is 24.3. The number of ether oxygens (including phenoxy) is 4. The second-order valence-corrected chi connectivity index (χ2v) is 25.9. The highest BCUT2D eigenvalue weighted by atomic mass is 19.1. The number of piperazine rings is 1. The number of likely N-dealkylation sites (N-methyl/N-ethyl adjacent to an activating group) is 2. The average Bonchev–Trinajstić information content (AvgIpc) is 1.61. The molecule has 22 nitrogen and oxygen atoms in total. The standard InChI is InChI=1S/C56H67F3N8O9.C6H13NO.C5H12O.CH3NO/c1-10-44(63(8)54(74)76-55(4,5)6)50(70)61-47(34(3)75-9)52(72)66-29-38-18-14-37(25-40(38)49(66)51(71)62-48-42(58)12-11-13-43(48)59)27-60-53(73)56(7)31-67(46(69)30-64-22-23-65(32-68)33(2)28-64)45-26-36(17-21-41(45)56)24-35-15-19-39(57)20-16-35;1-6-5-8-4-3-7(6)2;1-5(2,3)6-4;2-1-3/h11-21,25-26,32-34,44,47,49H,10,22-24,27-31H2,1-9H3,(H,60,73)(H,61,70)(H,62,71);6H,3-5H2,1-2H3;1-4H3;1H,(H2,2,3)/t33?,34?,44-,47?,49?,56+;;;/m0.../s1. The van der Waals surface area contributed by atoms with Gasteiger partial charge in [0, 0.05) is 84.9 Å². The number of carbonyl (C=O) groups excluding carboxylic acids is 8. The zero-order valence-corrected chi connectivity index (χ0v) is 56.4. The van der Waals surface area contributed by atoms with Crippen molar-refractivity contribution in [1.82, 2.24) is 35.1 Å². The summed E-state index contributed by atoms with van der Waals surface area (Å²) in [5, 5.41) is 8.09. The first kappa shape index (κ1) is 75.7. The van der Waals surface area contributed by atoms with E-state index in [1.54, 1.807) is 88.8 Å². The molecule has 0 aliphatic carbocycles. The van der Waals surface area contributed by atoms with E-state index in [9.17, 15) is 38.0 Å². The van der Waals surface area contributed by atoms with E-state index in [-0.39, 0.29) is 67.9 Å². The fourth-order valence-corrected chi connectivity index (χ4v) is 10.9. The molecular formula is C68H95F3N10O12. The number of benzene rings is 4. The molecule has 0 bridgehead atoms. The molecule has 7 atom stereocenters. The zero-order valence-electron chi connectivity index (χ0n) is 56.4. The summed E-state index contributed by atoms with van der Waals surface area (Å²) in [5.41, 5.74) is 5.47. The van der Waals surface area contributed by atoms with Crippen molar-refractivity contribution in [3.63, 3.8) is 0 Å². The Bertz CT molecular complexity index is 3210. The van der Waals surface area contributed by atoms with Gasteiger partial charge in [-0.05, 0) is 153 Å². The van der Waals surface area contributed by atoms with Gasteiger partial charge in [0.05, 0.1) is 36.9 Å². The number of nitrogens with two attached hydrogens (primary N) is 1. The molecule has 5 unspecified atom stereocenters. The maximum absolute atomic E-state index is 15.1. The number of nitrogens with zero attached hydrogens (tertiary/aromatic N) is 6. The van der Waals surface area contributed by atoms with Gasteiger partial charge in [0.1, 0.15) is 46.9 Å². The number of anilines is 2. The first-order valence-electron chi connectivity index (χ1n) is 31.1. The minimum absolute atomic E-state index is 0.000856. The van der Waals surface area contributed by atoms with Crippen LogP contribution in [0.15, 0.2) is 78.9 Å². The SMILES string of the molecule is CC1COCCN1C.CC[C@@H](C(=O)NC(C(=O)N1Cc2ccc(CNC(=O)[C@]3(C)CN(C(=O)CN4CCN(C=O)C(C)C4)c4cc(Cc5ccc(F)cc5)ccc43)cc2C1C(=O)Nc1c(F)cccc1F)C(C)OC)N(C)C(=O)OC(C)(C)C.COC(C)(C)C.NC=O. The fraction of sp³-hybridized carbons (Fsp3) is 0.529. The third-order valence-corrected chi connectivity index (χ3v) is 16.7. The molecule has 8 rings (SSSR count). The maximum atomic E-state index is 15.1. The third kappa shape index (κ3) is 20.5. The summed E-state index contributed by atoms with van der Waals surface area (Å²) < 4.78 is 65.2. The normalized spacial score (nSPS) is 19.6. The number of hydrogen-bond acceptors (Lipinski definition) is 14. The molecule has 93 heavy (non-hydrogen) atoms. The predicted molar refractivity (Wildman–Crippen MR) is 347 cm³/mol. The Labute approximate surface area is 544 Å². The van der Waals surface area contributed by atoms with E-state index in [0.29, 0.717) is 54.5 Å². The lowest BCUT2D eigenvalue weighted by Crippen LogP contribution is -2.58. The molecule has 0 saturated carbocycles. The molecule has 510 valence electrons. The van der Waals surface area contributed by atoms with Gasteiger partial charge in [0.2, 0.25) is 36.4 Å². The van der Waals surface area contributed by atoms with Crippen LogP contribution in [0.1, 0.15) is 122 Å². The number of nitrogens with one attached hydrogen (secondary N) is 3. The lowest BCUT2D eigenvalue weighted by atomic mass is 9.83. The molecule has 5 N–H and O–H groups in total. The third-order valence-electron chi connectivity index (χ3n) is 16.7. The Balaban J connectivity index is 0.000000808. The van der Waals surface area contributed by atoms with E-state index < -0.39 is 82.3 Å². The van der Waals surface area contributed by atoms with Crippen molar-refractivity contribution >= 4 is 59.8 Å². The first-order chi connectivity index (χ1) is 43.7. The van der Waals surface area contributed by atoms with Crippen LogP contribution in [0.3, 0.4) is 0 Å². The fourth-order valence-electron chi connectivity index (χ4n) is 10.9. The van der Waals surface area contributed by atoms with Crippen LogP contribution in [-0.4, -0.2) is 195 Å². The molecule has 0 spiro atoms. The highest BCUT2D eigenvalue weighted by Gasteiger charge is 2.48. The molecule has 4 aromatic rings. The van der Waals surface area contributed by atoms with Crippen molar-refractivity contribution in [3.05, 3.63) is 130 Å². The monoisotopic (exact) mass is 1300 g/mol. The number of carbonyl (C=O) groups is 8. The predicted octanol–water partition coefficient (Wildman–Crippen LogP) is 6.83. The van der Waals surface area contributed by atoms with Crippen LogP contribution in [0.5, 0.6) is 0 Å². The Hall–Kier alpha value is -7.97. The van der Waals surface area contributed by atoms with Gasteiger partial charge in [-0.1, -0.05) is 55.5 Å². The van der Waals surface area contributed by atoms with Crippen LogP contribution in [0, 0.1) is 17.5 Å². The lowest BCUT2D eigenvalue weighted by molar-refractivity contribution is -0.145. The van der Waals surface area contributed by atoms with Gasteiger partial charge in [-0.15, -0.1) is 0 Å². The van der Waals surface area contributed by atoms with Gasteiger partial charge in [0.25, 0.3) is 5.91 Å². The number of hydrogen-bond donors (Lipinski definition) is 4. The second kappa shape index (κ2) is 33.7. The highest BCUT2D eigenvalue weighted by Crippen LogP contribution is 2.43. The number of methoxy groups -OCH3 is 2. The largest absolute Gasteiger partial charge is 0.444 e. The van der Waals surface area contributed by atoms with Crippen LogP contribution in [-0.2, 0) is 77.4 Å². The molecule has 4 aliphatic heterocycles. The van der Waals surface area contributed by atoms with Crippen molar-refractivity contribution in [2.45, 2.75) is 155 Å². The quantitative estimate of drug-likeness (QED) is 0.0791. The number of fused-ring (bicyclic) bond motifs is 2. The topological polar surface area (TPSA) is 255 Å². The molecule has 25 heteroatoms. The molecule has 0 aromatic heterocycles. The minimum atomic E-state index is -1.51. The first-order valence-corrected chi connectivity index (χ1v) is 31.1. The smallest absolute Gasteiger partial charge is 0.410 e. The van der Waals surface area contributed by atoms with Crippen LogP contribution < -0.4 is 26.6 Å². The van der Waals surface area contributed by atoms with Crippen molar-refractivity contribution in [2.24, 2.45) is 5.73 Å². The summed E-state index contributed by atoms with van der Waals surface area (Å²) in [6, 6.07) is 16.3. The van der Waals surface area contributed by atoms with E-state index in [4.69, 9.17) is 23.7 Å². The molecule has 4 heterocycles. The van der Waals surface area contributed by atoms with Gasteiger partial charge >= 0.3 is 6.09 Å². The van der Waals surface area contributed by atoms with Gasteiger partial charge in [-0.25, -0.2) is 18.0 Å². The number of para-hydroxylation sites is 1. The van der Waals surface area contributed by atoms with Gasteiger partial charge in [0.15, 0.2) is 0 Å². The zero-order chi connectivity index (χ0) is 69.3. The van der Waals surface area contributed by atoms with Crippen molar-refractivity contribution in [1.29, 1.82) is 0 Å². The Morgan fingerprint density at radius 2 is 1.48 bits per heavy atom. The summed E-state index contributed by atoms with van der Waals surface area (Å²) in [6.07, 6.45) is -0.119. The molecule has 4 aromatic carbocycles. The highest BCUT2D eigenvalue weighted by molar-refractivity contribution is 6.03. The van der Waals surface area contributed by atoms with Crippen LogP contribution in [0.2, 0.25) is 0 Å². The molecule has 0 radical (unpaired) electrons. The minimum Gasteiger partial charge on any atom is -0.444 e. The van der Waals surface area contributed by atoms with Crippen LogP contribution in [0.25, 0.3) is 0 Å². The summed E-state index contributed by atoms with van der Waals surface area (Å²) >= 11 is 0. The number of amides is 8. The van der Waals surface area contributed by atoms with Gasteiger partial charge in [-0.3, -0.25) is 48.3 Å². The van der Waals surface area contributed by atoms with Gasteiger partial charge < -0.3 is 55.3 Å². The van der Waals surface area contributed by atoms with Crippen LogP contribution >= 0.6 is 0 Å². The van der Waals surface area contributed by atoms with Crippen molar-refractivity contribution in [2.75, 3.05) is 91.0 Å². The Kier molecular flexibility index (Phi) is 27.5. The second-order valence-electron chi connectivity index (χ2n) is 25.9. The summed E-state index contributed by atoms with van der Waals surface area (Å²) in [5.74, 6) is -5.58. The van der Waals surface area contributed by atoms with Crippen molar-refractivity contribution < 1.29 is 70.5 Å². The van der Waals surface area contributed by atoms with Crippen molar-refractivity contribution in [3.8, 4) is 0 Å². The van der Waals surface area contributed by atoms with E-state index >= 15 is 8.78 Å². The molecule has 8 amide bonds. The summed E-state index contributed by atoms with van der Waals surface area (Å²) in [4.78, 5) is 115. The maximum Gasteiger partial charge on any atom is 0.410 e. The Morgan fingerprint density at radius 3 is 2.03 bits per heavy atom. The molecule has 2 saturated heterocycles. The number of morpholine rings is 1. The van der Waals surface area contributed by atoms with E-state index in [2.05, 4.69) is 40.6 Å². The summed E-state index contributed by atoms with van der Waals surface area (Å²) in [7, 11) is 6.57. The lowest BCUT2D eigenvalue weighted by Gasteiger charge is -2.38. The van der Waals surface area contributed by atoms with E-state index in [1.165, 1.54) is 31.2 Å². The number of halogens is 3. The molecular weight excluding hydrogens is 1210 g/mol. The van der Waals surface area contributed by atoms with E-state index in [1.807, 2.05) is 50.8 Å². The molecule has 4 aliphatic rings. The number of rotatable bonds is 17. The number of primary amides is 1. The molecule has 2 fully saturated rings. The van der Waals surface area contributed by atoms with E-state index in [0.717, 1.165) is 60.4 Å².